The molecule has 0 N–H and O–H groups in total. The van der Waals surface area contributed by atoms with Gasteiger partial charge in [-0.1, -0.05) is 36.4 Å². The molecular weight excluding hydrogens is 331 g/mol. The lowest BCUT2D eigenvalue weighted by molar-refractivity contribution is 0.00578. The van der Waals surface area contributed by atoms with Gasteiger partial charge in [0.1, 0.15) is 0 Å². The van der Waals surface area contributed by atoms with Gasteiger partial charge in [-0.3, -0.25) is 0 Å². The Morgan fingerprint density at radius 3 is 2.04 bits per heavy atom. The zero-order valence-electron chi connectivity index (χ0n) is 17.1. The Hall–Kier alpha value is -1.58. The van der Waals surface area contributed by atoms with Gasteiger partial charge < -0.3 is 9.31 Å². The van der Waals surface area contributed by atoms with Crippen molar-refractivity contribution in [3.8, 4) is 11.1 Å². The predicted octanol–water partition coefficient (Wildman–Crippen LogP) is 5.33. The molecule has 3 heteroatoms. The normalized spacial score (nSPS) is 27.2. The zero-order valence-corrected chi connectivity index (χ0v) is 17.1. The summed E-state index contributed by atoms with van der Waals surface area (Å²) in [7, 11) is -0.288. The van der Waals surface area contributed by atoms with Gasteiger partial charge in [-0.05, 0) is 99.0 Å². The van der Waals surface area contributed by atoms with Crippen LogP contribution in [0, 0.1) is 6.92 Å². The Labute approximate surface area is 163 Å². The molecule has 3 aliphatic rings. The molecule has 1 saturated heterocycles. The summed E-state index contributed by atoms with van der Waals surface area (Å²) >= 11 is 0. The van der Waals surface area contributed by atoms with Gasteiger partial charge in [0.2, 0.25) is 0 Å². The Kier molecular flexibility index (Phi) is 3.71. The second-order valence-electron chi connectivity index (χ2n) is 9.67. The van der Waals surface area contributed by atoms with Crippen molar-refractivity contribution in [3.05, 3.63) is 53.1 Å². The molecule has 1 heterocycles. The van der Waals surface area contributed by atoms with E-state index in [1.807, 2.05) is 0 Å². The molecule has 1 saturated carbocycles. The van der Waals surface area contributed by atoms with Gasteiger partial charge in [0.25, 0.3) is 0 Å². The van der Waals surface area contributed by atoms with E-state index in [0.29, 0.717) is 0 Å². The van der Waals surface area contributed by atoms with Crippen molar-refractivity contribution < 1.29 is 9.31 Å². The first-order chi connectivity index (χ1) is 12.8. The molecule has 5 rings (SSSR count). The fourth-order valence-electron chi connectivity index (χ4n) is 5.28. The van der Waals surface area contributed by atoms with Gasteiger partial charge in [-0.25, -0.2) is 0 Å². The summed E-state index contributed by atoms with van der Waals surface area (Å²) in [6, 6.07) is 13.5. The largest absolute Gasteiger partial charge is 0.494 e. The molecular formula is C24H29BO2. The molecule has 2 bridgehead atoms. The molecule has 2 aromatic carbocycles. The summed E-state index contributed by atoms with van der Waals surface area (Å²) in [5.41, 5.74) is 8.02. The predicted molar refractivity (Wildman–Crippen MR) is 112 cm³/mol. The second kappa shape index (κ2) is 5.72. The molecule has 0 amide bonds. The molecule has 2 aliphatic carbocycles. The van der Waals surface area contributed by atoms with Crippen LogP contribution in [0.3, 0.4) is 0 Å². The van der Waals surface area contributed by atoms with E-state index in [4.69, 9.17) is 9.31 Å². The molecule has 0 spiro atoms. The molecule has 2 aromatic rings. The minimum absolute atomic E-state index is 0.288. The second-order valence-corrected chi connectivity index (χ2v) is 9.67. The molecule has 2 atom stereocenters. The number of fused-ring (bicyclic) bond motifs is 5. The Morgan fingerprint density at radius 1 is 0.815 bits per heavy atom. The lowest BCUT2D eigenvalue weighted by Gasteiger charge is -2.32. The van der Waals surface area contributed by atoms with Crippen molar-refractivity contribution in [2.45, 2.75) is 76.9 Å². The van der Waals surface area contributed by atoms with Crippen LogP contribution in [0.25, 0.3) is 11.1 Å². The van der Waals surface area contributed by atoms with Crippen LogP contribution in [-0.2, 0) is 9.31 Å². The van der Waals surface area contributed by atoms with Crippen LogP contribution in [0.5, 0.6) is 0 Å². The number of benzene rings is 2. The van der Waals surface area contributed by atoms with Crippen LogP contribution in [0.4, 0.5) is 0 Å². The topological polar surface area (TPSA) is 18.5 Å². The minimum Gasteiger partial charge on any atom is -0.399 e. The van der Waals surface area contributed by atoms with Crippen LogP contribution in [0.1, 0.15) is 75.5 Å². The third-order valence-corrected chi connectivity index (χ3v) is 7.50. The highest BCUT2D eigenvalue weighted by Gasteiger charge is 2.51. The van der Waals surface area contributed by atoms with Crippen molar-refractivity contribution in [1.82, 2.24) is 0 Å². The van der Waals surface area contributed by atoms with Gasteiger partial charge in [0.15, 0.2) is 0 Å². The van der Waals surface area contributed by atoms with Crippen molar-refractivity contribution >= 4 is 12.6 Å². The van der Waals surface area contributed by atoms with E-state index in [9.17, 15) is 0 Å². The quantitative estimate of drug-likeness (QED) is 0.675. The first kappa shape index (κ1) is 17.5. The van der Waals surface area contributed by atoms with E-state index in [0.717, 1.165) is 17.3 Å². The maximum atomic E-state index is 6.20. The van der Waals surface area contributed by atoms with E-state index in [2.05, 4.69) is 71.0 Å². The lowest BCUT2D eigenvalue weighted by Crippen LogP contribution is -2.41. The lowest BCUT2D eigenvalue weighted by atomic mass is 9.78. The summed E-state index contributed by atoms with van der Waals surface area (Å²) in [4.78, 5) is 0. The zero-order chi connectivity index (χ0) is 19.0. The molecule has 27 heavy (non-hydrogen) atoms. The van der Waals surface area contributed by atoms with Crippen LogP contribution in [0.2, 0.25) is 0 Å². The van der Waals surface area contributed by atoms with Gasteiger partial charge in [0.05, 0.1) is 11.2 Å². The Balaban J connectivity index is 1.48. The van der Waals surface area contributed by atoms with E-state index in [1.54, 1.807) is 11.1 Å². The molecule has 2 unspecified atom stereocenters. The van der Waals surface area contributed by atoms with Gasteiger partial charge in [-0.15, -0.1) is 0 Å². The molecule has 140 valence electrons. The molecule has 0 radical (unpaired) electrons. The van der Waals surface area contributed by atoms with Crippen LogP contribution >= 0.6 is 0 Å². The first-order valence-corrected chi connectivity index (χ1v) is 10.4. The van der Waals surface area contributed by atoms with Crippen molar-refractivity contribution in [3.63, 3.8) is 0 Å². The third-order valence-electron chi connectivity index (χ3n) is 7.50. The van der Waals surface area contributed by atoms with Crippen molar-refractivity contribution in [1.29, 1.82) is 0 Å². The number of hydrogen-bond acceptors (Lipinski definition) is 2. The average Bonchev–Trinajstić information content (AvgIpc) is 3.29. The minimum atomic E-state index is -0.298. The van der Waals surface area contributed by atoms with Crippen LogP contribution in [-0.4, -0.2) is 18.3 Å². The van der Waals surface area contributed by atoms with Gasteiger partial charge in [0, 0.05) is 0 Å². The van der Waals surface area contributed by atoms with E-state index < -0.39 is 0 Å². The maximum absolute atomic E-state index is 6.20. The van der Waals surface area contributed by atoms with Gasteiger partial charge in [-0.2, -0.15) is 0 Å². The van der Waals surface area contributed by atoms with Crippen LogP contribution < -0.4 is 5.46 Å². The van der Waals surface area contributed by atoms with Crippen molar-refractivity contribution in [2.75, 3.05) is 0 Å². The van der Waals surface area contributed by atoms with E-state index in [1.165, 1.54) is 36.0 Å². The first-order valence-electron chi connectivity index (χ1n) is 10.4. The standard InChI is InChI=1S/C24H29BO2/c1-15-6-13-20(22-18-8-7-17(14-18)21(15)22)16-9-11-19(12-10-16)25-26-23(2,3)24(4,5)27-25/h6,9-13,17-18H,7-8,14H2,1-5H3. The summed E-state index contributed by atoms with van der Waals surface area (Å²) < 4.78 is 12.4. The molecule has 2 nitrogen and oxygen atoms in total. The third kappa shape index (κ3) is 2.55. The average molecular weight is 360 g/mol. The monoisotopic (exact) mass is 360 g/mol. The number of hydrogen-bond donors (Lipinski definition) is 0. The Bertz CT molecular complexity index is 881. The molecule has 1 aliphatic heterocycles. The molecule has 0 aromatic heterocycles. The fourth-order valence-corrected chi connectivity index (χ4v) is 5.28. The highest BCUT2D eigenvalue weighted by Crippen LogP contribution is 2.56. The van der Waals surface area contributed by atoms with Crippen molar-refractivity contribution in [2.24, 2.45) is 0 Å². The fraction of sp³-hybridized carbons (Fsp3) is 0.500. The van der Waals surface area contributed by atoms with E-state index >= 15 is 0 Å². The van der Waals surface area contributed by atoms with Crippen LogP contribution in [0.15, 0.2) is 36.4 Å². The Morgan fingerprint density at radius 2 is 1.41 bits per heavy atom. The van der Waals surface area contributed by atoms with Gasteiger partial charge >= 0.3 is 7.12 Å². The SMILES string of the molecule is Cc1ccc(-c2ccc(B3OC(C)(C)C(C)(C)O3)cc2)c2c1C1CCC2C1. The summed E-state index contributed by atoms with van der Waals surface area (Å²) in [5.74, 6) is 1.57. The highest BCUT2D eigenvalue weighted by molar-refractivity contribution is 6.62. The maximum Gasteiger partial charge on any atom is 0.494 e. The number of rotatable bonds is 2. The molecule has 2 fully saturated rings. The summed E-state index contributed by atoms with van der Waals surface area (Å²) in [5, 5.41) is 0. The number of aryl methyl sites for hydroxylation is 1. The summed E-state index contributed by atoms with van der Waals surface area (Å²) in [6.45, 7) is 10.7. The summed E-state index contributed by atoms with van der Waals surface area (Å²) in [6.07, 6.45) is 4.10. The smallest absolute Gasteiger partial charge is 0.399 e. The van der Waals surface area contributed by atoms with E-state index in [-0.39, 0.29) is 18.3 Å². The highest BCUT2D eigenvalue weighted by atomic mass is 16.7.